The first-order chi connectivity index (χ1) is 15.5. The predicted octanol–water partition coefficient (Wildman–Crippen LogP) is 3.16. The van der Waals surface area contributed by atoms with E-state index < -0.39 is 5.82 Å². The molecule has 0 unspecified atom stereocenters. The molecule has 4 rings (SSSR count). The smallest absolute Gasteiger partial charge is 0.234 e. The summed E-state index contributed by atoms with van der Waals surface area (Å²) >= 11 is 0. The Morgan fingerprint density at radius 1 is 1.12 bits per heavy atom. The van der Waals surface area contributed by atoms with E-state index >= 15 is 0 Å². The maximum Gasteiger partial charge on any atom is 0.234 e. The van der Waals surface area contributed by atoms with Gasteiger partial charge in [0.2, 0.25) is 5.88 Å². The fraction of sp³-hybridized carbons (Fsp3) is 0.250. The van der Waals surface area contributed by atoms with Crippen molar-refractivity contribution in [3.05, 3.63) is 48.6 Å². The molecule has 4 aromatic heterocycles. The van der Waals surface area contributed by atoms with E-state index in [0.29, 0.717) is 29.0 Å². The first-order valence-electron chi connectivity index (χ1n) is 9.38. The third-order valence-electron chi connectivity index (χ3n) is 3.94. The summed E-state index contributed by atoms with van der Waals surface area (Å²) < 4.78 is 20.4. The van der Waals surface area contributed by atoms with E-state index in [2.05, 4.69) is 35.5 Å². The van der Waals surface area contributed by atoms with Crippen LogP contribution in [-0.4, -0.2) is 54.4 Å². The molecule has 0 fully saturated rings. The van der Waals surface area contributed by atoms with Crippen molar-refractivity contribution in [3.63, 3.8) is 0 Å². The third kappa shape index (κ3) is 5.68. The van der Waals surface area contributed by atoms with E-state index in [0.717, 1.165) is 17.9 Å². The van der Waals surface area contributed by atoms with Crippen molar-refractivity contribution in [2.24, 2.45) is 0 Å². The van der Waals surface area contributed by atoms with E-state index in [1.165, 1.54) is 0 Å². The minimum absolute atomic E-state index is 0. The van der Waals surface area contributed by atoms with Crippen molar-refractivity contribution >= 4 is 30.6 Å². The van der Waals surface area contributed by atoms with Crippen LogP contribution in [-0.2, 0) is 9.59 Å². The molecular weight excluding hydrogens is 419 g/mol. The van der Waals surface area contributed by atoms with Crippen LogP contribution in [0, 0.1) is 5.82 Å². The van der Waals surface area contributed by atoms with Crippen LogP contribution < -0.4 is 10.1 Å². The molecule has 0 saturated heterocycles. The molecule has 0 aliphatic heterocycles. The number of imidazole rings is 1. The first-order valence-corrected chi connectivity index (χ1v) is 9.38. The average molecular weight is 446 g/mol. The molecule has 0 amide bonds. The van der Waals surface area contributed by atoms with Gasteiger partial charge < -0.3 is 19.6 Å². The second-order valence-corrected chi connectivity index (χ2v) is 6.54. The van der Waals surface area contributed by atoms with Crippen LogP contribution >= 0.6 is 0 Å². The molecule has 0 saturated carbocycles. The number of aromatic nitrogens is 7. The lowest BCUT2D eigenvalue weighted by atomic mass is 10.3. The molecule has 32 heavy (non-hydrogen) atoms. The highest BCUT2D eigenvalue weighted by atomic mass is 19.1. The molecule has 11 nitrogen and oxygen atoms in total. The van der Waals surface area contributed by atoms with Gasteiger partial charge in [0.25, 0.3) is 0 Å². The molecular formula is C20H27FN8O3. The van der Waals surface area contributed by atoms with Crippen molar-refractivity contribution in [1.29, 1.82) is 0 Å². The summed E-state index contributed by atoms with van der Waals surface area (Å²) in [6, 6.07) is 5.22. The van der Waals surface area contributed by atoms with Gasteiger partial charge in [0, 0.05) is 8.92 Å². The lowest BCUT2D eigenvalue weighted by molar-refractivity contribution is -0.0987. The number of H-pyrrole nitrogens is 1. The van der Waals surface area contributed by atoms with Gasteiger partial charge in [-0.1, -0.05) is 0 Å². The van der Waals surface area contributed by atoms with Crippen LogP contribution in [0.25, 0.3) is 17.0 Å². The maximum atomic E-state index is 13.0. The largest absolute Gasteiger partial charge is 0.474 e. The van der Waals surface area contributed by atoms with Gasteiger partial charge in [-0.25, -0.2) is 24.3 Å². The zero-order chi connectivity index (χ0) is 23.7. The van der Waals surface area contributed by atoms with Gasteiger partial charge >= 0.3 is 0 Å². The number of hydrogen-bond acceptors (Lipinski definition) is 9. The van der Waals surface area contributed by atoms with Gasteiger partial charge in [0.05, 0.1) is 24.5 Å². The number of hydrogen-bond donors (Lipinski definition) is 2. The Hall–Kier alpha value is -4.22. The molecule has 0 spiro atoms. The molecule has 12 heteroatoms. The number of ether oxygens (including phenoxy) is 1. The monoisotopic (exact) mass is 446 g/mol. The number of aromatic amines is 1. The topological polar surface area (TPSA) is 141 Å². The van der Waals surface area contributed by atoms with Gasteiger partial charge in [-0.05, 0) is 32.9 Å². The van der Waals surface area contributed by atoms with E-state index in [-0.39, 0.29) is 15.0 Å². The van der Waals surface area contributed by atoms with Crippen LogP contribution in [0.1, 0.15) is 35.5 Å². The highest BCUT2D eigenvalue weighted by Gasteiger charge is 2.13. The lowest BCUT2D eigenvalue weighted by Gasteiger charge is -2.13. The van der Waals surface area contributed by atoms with Crippen molar-refractivity contribution in [1.82, 2.24) is 34.7 Å². The van der Waals surface area contributed by atoms with Gasteiger partial charge in [-0.3, -0.25) is 9.67 Å². The summed E-state index contributed by atoms with van der Waals surface area (Å²) in [4.78, 5) is 33.0. The molecule has 2 N–H and O–H groups in total. The zero-order valence-corrected chi connectivity index (χ0v) is 17.8. The van der Waals surface area contributed by atoms with Crippen LogP contribution in [0.3, 0.4) is 0 Å². The zero-order valence-electron chi connectivity index (χ0n) is 17.8. The Labute approximate surface area is 186 Å². The summed E-state index contributed by atoms with van der Waals surface area (Å²) in [5.74, 6) is 1.81. The number of halogens is 1. The van der Waals surface area contributed by atoms with E-state index in [1.807, 2.05) is 46.5 Å². The summed E-state index contributed by atoms with van der Waals surface area (Å²) in [5, 5.41) is 10.3. The number of pyridine rings is 1. The second-order valence-electron chi connectivity index (χ2n) is 6.54. The lowest BCUT2D eigenvalue weighted by Crippen LogP contribution is -2.11. The Balaban J connectivity index is 0.00000173. The maximum absolute atomic E-state index is 13.0. The number of anilines is 1. The van der Waals surface area contributed by atoms with Crippen LogP contribution in [0.2, 0.25) is 0 Å². The Kier molecular flexibility index (Phi) is 8.45. The van der Waals surface area contributed by atoms with Gasteiger partial charge in [-0.2, -0.15) is 0 Å². The molecule has 0 aromatic carbocycles. The summed E-state index contributed by atoms with van der Waals surface area (Å²) in [6.45, 7) is 9.75. The number of nitrogens with one attached hydrogen (secondary N) is 2. The second kappa shape index (κ2) is 11.2. The molecule has 0 bridgehead atoms. The standard InChI is InChI=1S/C18H19FN8O.2CH2O.2H2/c1-10(2)28-16-6-15(25-26-16)27-9-22-13-4-5-14(24-18(13)27)23-11(3)17-20-7-12(19)8-21-17;2*1-2;;/h4-11H,1-3H3,(H,23,24)(H,25,26);2*1H2;2*1H/t11-;;;;/m0..../s1. The fourth-order valence-corrected chi connectivity index (χ4v) is 2.70. The van der Waals surface area contributed by atoms with Crippen LogP contribution in [0.15, 0.2) is 36.9 Å². The first kappa shape index (κ1) is 24.1. The number of fused-ring (bicyclic) bond motifs is 1. The quantitative estimate of drug-likeness (QED) is 0.457. The Morgan fingerprint density at radius 3 is 2.47 bits per heavy atom. The van der Waals surface area contributed by atoms with Crippen molar-refractivity contribution < 1.29 is 21.6 Å². The summed E-state index contributed by atoms with van der Waals surface area (Å²) in [7, 11) is 0. The van der Waals surface area contributed by atoms with Crippen LogP contribution in [0.4, 0.5) is 10.2 Å². The third-order valence-corrected chi connectivity index (χ3v) is 3.94. The highest BCUT2D eigenvalue weighted by molar-refractivity contribution is 5.74. The summed E-state index contributed by atoms with van der Waals surface area (Å²) in [6.07, 6.45) is 3.98. The van der Waals surface area contributed by atoms with Crippen molar-refractivity contribution in [2.75, 3.05) is 5.32 Å². The number of carbonyl (C=O) groups excluding carboxylic acids is 2. The molecule has 172 valence electrons. The Bertz CT molecular complexity index is 1140. The van der Waals surface area contributed by atoms with Crippen LogP contribution in [0.5, 0.6) is 5.88 Å². The summed E-state index contributed by atoms with van der Waals surface area (Å²) in [5.41, 5.74) is 1.38. The molecule has 0 aliphatic rings. The number of rotatable bonds is 6. The molecule has 4 heterocycles. The minimum Gasteiger partial charge on any atom is -0.474 e. The SMILES string of the molecule is C=O.C=O.CC(C)Oc1cc(-n2cnc3ccc(N[C@@H](C)c4ncc(F)cn4)nc32)[nH]n1.[HH].[HH]. The van der Waals surface area contributed by atoms with Crippen molar-refractivity contribution in [2.45, 2.75) is 32.9 Å². The predicted molar refractivity (Wildman–Crippen MR) is 119 cm³/mol. The molecule has 0 aliphatic carbocycles. The number of nitrogens with zero attached hydrogens (tertiary/aromatic N) is 6. The molecule has 0 radical (unpaired) electrons. The molecule has 1 atom stereocenters. The van der Waals surface area contributed by atoms with E-state index in [9.17, 15) is 4.39 Å². The average Bonchev–Trinajstić information content (AvgIpc) is 3.43. The van der Waals surface area contributed by atoms with Gasteiger partial charge in [0.1, 0.15) is 42.9 Å². The Morgan fingerprint density at radius 2 is 1.81 bits per heavy atom. The van der Waals surface area contributed by atoms with E-state index in [1.54, 1.807) is 17.0 Å². The molecule has 4 aromatic rings. The normalized spacial score (nSPS) is 11.2. The van der Waals surface area contributed by atoms with E-state index in [4.69, 9.17) is 14.3 Å². The number of carbonyl (C=O) groups is 2. The van der Waals surface area contributed by atoms with Gasteiger partial charge in [-0.15, -0.1) is 5.10 Å². The van der Waals surface area contributed by atoms with Gasteiger partial charge in [0.15, 0.2) is 11.5 Å². The fourth-order valence-electron chi connectivity index (χ4n) is 2.70. The minimum atomic E-state index is -0.472. The highest BCUT2D eigenvalue weighted by Crippen LogP contribution is 2.22. The van der Waals surface area contributed by atoms with Crippen molar-refractivity contribution in [3.8, 4) is 11.7 Å².